The van der Waals surface area contributed by atoms with Crippen LogP contribution < -0.4 is 5.73 Å². The average Bonchev–Trinajstić information content (AvgIpc) is 2.31. The zero-order chi connectivity index (χ0) is 7.73. The summed E-state index contributed by atoms with van der Waals surface area (Å²) in [5, 5.41) is 0. The fourth-order valence-corrected chi connectivity index (χ4v) is 2.16. The van der Waals surface area contributed by atoms with Gasteiger partial charge in [0.1, 0.15) is 0 Å². The van der Waals surface area contributed by atoms with Gasteiger partial charge in [0, 0.05) is 13.1 Å². The van der Waals surface area contributed by atoms with Crippen LogP contribution in [-0.2, 0) is 4.74 Å². The monoisotopic (exact) mass is 156 g/mol. The molecule has 2 rings (SSSR count). The Morgan fingerprint density at radius 2 is 2.27 bits per heavy atom. The van der Waals surface area contributed by atoms with Gasteiger partial charge in [-0.25, -0.2) is 0 Å². The molecule has 0 aromatic heterocycles. The van der Waals surface area contributed by atoms with Crippen LogP contribution in [0.25, 0.3) is 0 Å². The zero-order valence-electron chi connectivity index (χ0n) is 6.88. The smallest absolute Gasteiger partial charge is 0.0679 e. The van der Waals surface area contributed by atoms with Gasteiger partial charge in [-0.1, -0.05) is 0 Å². The minimum absolute atomic E-state index is 0.416. The molecule has 11 heavy (non-hydrogen) atoms. The molecule has 3 heteroatoms. The SMILES string of the molecule is NCCN1CCCC12COC2. The maximum Gasteiger partial charge on any atom is 0.0679 e. The maximum atomic E-state index is 5.53. The van der Waals surface area contributed by atoms with Crippen molar-refractivity contribution < 1.29 is 4.74 Å². The van der Waals surface area contributed by atoms with Crippen LogP contribution in [0, 0.1) is 0 Å². The van der Waals surface area contributed by atoms with Gasteiger partial charge in [-0.15, -0.1) is 0 Å². The second kappa shape index (κ2) is 2.73. The lowest BCUT2D eigenvalue weighted by atomic mass is 9.94. The predicted octanol–water partition coefficient (Wildman–Crippen LogP) is -0.190. The topological polar surface area (TPSA) is 38.5 Å². The standard InChI is InChI=1S/C8H16N2O/c9-3-5-10-4-1-2-8(10)6-11-7-8/h1-7,9H2. The van der Waals surface area contributed by atoms with Gasteiger partial charge in [0.25, 0.3) is 0 Å². The Morgan fingerprint density at radius 3 is 2.82 bits per heavy atom. The highest BCUT2D eigenvalue weighted by molar-refractivity contribution is 5.00. The van der Waals surface area contributed by atoms with E-state index in [9.17, 15) is 0 Å². The average molecular weight is 156 g/mol. The molecule has 0 radical (unpaired) electrons. The van der Waals surface area contributed by atoms with E-state index in [0.717, 1.165) is 26.3 Å². The Morgan fingerprint density at radius 1 is 1.45 bits per heavy atom. The van der Waals surface area contributed by atoms with Gasteiger partial charge < -0.3 is 10.5 Å². The van der Waals surface area contributed by atoms with Crippen molar-refractivity contribution in [1.82, 2.24) is 4.90 Å². The van der Waals surface area contributed by atoms with Crippen molar-refractivity contribution in [2.75, 3.05) is 32.8 Å². The van der Waals surface area contributed by atoms with Crippen LogP contribution in [0.15, 0.2) is 0 Å². The van der Waals surface area contributed by atoms with Gasteiger partial charge in [-0.2, -0.15) is 0 Å². The van der Waals surface area contributed by atoms with Crippen molar-refractivity contribution in [3.8, 4) is 0 Å². The summed E-state index contributed by atoms with van der Waals surface area (Å²) < 4.78 is 5.25. The van der Waals surface area contributed by atoms with Gasteiger partial charge in [-0.3, -0.25) is 4.90 Å². The van der Waals surface area contributed by atoms with Crippen molar-refractivity contribution in [3.63, 3.8) is 0 Å². The van der Waals surface area contributed by atoms with E-state index >= 15 is 0 Å². The molecule has 0 atom stereocenters. The lowest BCUT2D eigenvalue weighted by Gasteiger charge is -2.45. The van der Waals surface area contributed by atoms with Crippen LogP contribution in [0.1, 0.15) is 12.8 Å². The summed E-state index contributed by atoms with van der Waals surface area (Å²) in [5.41, 5.74) is 5.94. The third-order valence-corrected chi connectivity index (χ3v) is 2.88. The van der Waals surface area contributed by atoms with E-state index in [4.69, 9.17) is 10.5 Å². The molecular formula is C8H16N2O. The number of rotatable bonds is 2. The van der Waals surface area contributed by atoms with E-state index in [1.54, 1.807) is 0 Å². The number of hydrogen-bond acceptors (Lipinski definition) is 3. The Hall–Kier alpha value is -0.120. The Bertz CT molecular complexity index is 145. The number of nitrogens with two attached hydrogens (primary N) is 1. The fraction of sp³-hybridized carbons (Fsp3) is 1.00. The molecule has 1 spiro atoms. The quantitative estimate of drug-likeness (QED) is 0.602. The predicted molar refractivity (Wildman–Crippen MR) is 43.4 cm³/mol. The van der Waals surface area contributed by atoms with Crippen molar-refractivity contribution >= 4 is 0 Å². The first-order chi connectivity index (χ1) is 5.37. The van der Waals surface area contributed by atoms with Crippen molar-refractivity contribution in [2.24, 2.45) is 5.73 Å². The second-order valence-electron chi connectivity index (χ2n) is 3.60. The molecule has 2 fully saturated rings. The first-order valence-corrected chi connectivity index (χ1v) is 4.40. The van der Waals surface area contributed by atoms with E-state index in [1.807, 2.05) is 0 Å². The third-order valence-electron chi connectivity index (χ3n) is 2.88. The number of ether oxygens (including phenoxy) is 1. The highest BCUT2D eigenvalue weighted by Gasteiger charge is 2.46. The molecule has 2 heterocycles. The van der Waals surface area contributed by atoms with Crippen molar-refractivity contribution in [3.05, 3.63) is 0 Å². The molecular weight excluding hydrogens is 140 g/mol. The van der Waals surface area contributed by atoms with Gasteiger partial charge in [0.15, 0.2) is 0 Å². The maximum absolute atomic E-state index is 5.53. The molecule has 0 bridgehead atoms. The van der Waals surface area contributed by atoms with Crippen molar-refractivity contribution in [2.45, 2.75) is 18.4 Å². The van der Waals surface area contributed by atoms with Crippen LogP contribution >= 0.6 is 0 Å². The Balaban J connectivity index is 1.96. The highest BCUT2D eigenvalue weighted by Crippen LogP contribution is 2.34. The summed E-state index contributed by atoms with van der Waals surface area (Å²) in [6.07, 6.45) is 2.64. The van der Waals surface area contributed by atoms with Gasteiger partial charge >= 0.3 is 0 Å². The van der Waals surface area contributed by atoms with E-state index in [1.165, 1.54) is 19.4 Å². The van der Waals surface area contributed by atoms with Crippen LogP contribution in [-0.4, -0.2) is 43.3 Å². The van der Waals surface area contributed by atoms with E-state index < -0.39 is 0 Å². The minimum atomic E-state index is 0.416. The molecule has 0 saturated carbocycles. The second-order valence-corrected chi connectivity index (χ2v) is 3.60. The van der Waals surface area contributed by atoms with Gasteiger partial charge in [0.2, 0.25) is 0 Å². The van der Waals surface area contributed by atoms with Crippen LogP contribution in [0.5, 0.6) is 0 Å². The van der Waals surface area contributed by atoms with E-state index in [0.29, 0.717) is 5.54 Å². The summed E-state index contributed by atoms with van der Waals surface area (Å²) >= 11 is 0. The first kappa shape index (κ1) is 7.53. The van der Waals surface area contributed by atoms with Crippen LogP contribution in [0.4, 0.5) is 0 Å². The molecule has 64 valence electrons. The molecule has 2 aliphatic heterocycles. The lowest BCUT2D eigenvalue weighted by molar-refractivity contribution is -0.121. The highest BCUT2D eigenvalue weighted by atomic mass is 16.5. The Labute approximate surface area is 67.5 Å². The van der Waals surface area contributed by atoms with Crippen LogP contribution in [0.3, 0.4) is 0 Å². The van der Waals surface area contributed by atoms with E-state index in [2.05, 4.69) is 4.90 Å². The Kier molecular flexibility index (Phi) is 1.87. The summed E-state index contributed by atoms with van der Waals surface area (Å²) in [4.78, 5) is 2.50. The first-order valence-electron chi connectivity index (χ1n) is 4.40. The minimum Gasteiger partial charge on any atom is -0.377 e. The lowest BCUT2D eigenvalue weighted by Crippen LogP contribution is -2.59. The zero-order valence-corrected chi connectivity index (χ0v) is 6.88. The van der Waals surface area contributed by atoms with Crippen molar-refractivity contribution in [1.29, 1.82) is 0 Å². The summed E-state index contributed by atoms with van der Waals surface area (Å²) in [6.45, 7) is 4.92. The number of hydrogen-bond donors (Lipinski definition) is 1. The number of likely N-dealkylation sites (tertiary alicyclic amines) is 1. The van der Waals surface area contributed by atoms with Gasteiger partial charge in [0.05, 0.1) is 18.8 Å². The molecule has 3 nitrogen and oxygen atoms in total. The van der Waals surface area contributed by atoms with Crippen LogP contribution in [0.2, 0.25) is 0 Å². The fourth-order valence-electron chi connectivity index (χ4n) is 2.16. The molecule has 0 amide bonds. The van der Waals surface area contributed by atoms with Gasteiger partial charge in [-0.05, 0) is 19.4 Å². The molecule has 2 aliphatic rings. The van der Waals surface area contributed by atoms with E-state index in [-0.39, 0.29) is 0 Å². The third kappa shape index (κ3) is 1.08. The molecule has 0 aliphatic carbocycles. The molecule has 0 aromatic rings. The number of nitrogens with zero attached hydrogens (tertiary/aromatic N) is 1. The molecule has 2 N–H and O–H groups in total. The largest absolute Gasteiger partial charge is 0.377 e. The normalized spacial score (nSPS) is 29.2. The summed E-state index contributed by atoms with van der Waals surface area (Å²) in [7, 11) is 0. The molecule has 2 saturated heterocycles. The summed E-state index contributed by atoms with van der Waals surface area (Å²) in [5.74, 6) is 0. The molecule has 0 unspecified atom stereocenters. The summed E-state index contributed by atoms with van der Waals surface area (Å²) in [6, 6.07) is 0. The molecule has 0 aromatic carbocycles.